The summed E-state index contributed by atoms with van der Waals surface area (Å²) < 4.78 is 5.25. The fraction of sp³-hybridized carbons (Fsp3) is 0.188. The van der Waals surface area contributed by atoms with Gasteiger partial charge in [-0.3, -0.25) is 19.3 Å². The molecule has 5 nitrogen and oxygen atoms in total. The number of benzene rings is 1. The first-order valence-corrected chi connectivity index (χ1v) is 6.70. The molecule has 1 heterocycles. The molecular weight excluding hydrogens is 270 g/mol. The summed E-state index contributed by atoms with van der Waals surface area (Å²) >= 11 is 0. The second kappa shape index (κ2) is 5.36. The highest BCUT2D eigenvalue weighted by molar-refractivity contribution is 6.12. The molecule has 0 N–H and O–H groups in total. The van der Waals surface area contributed by atoms with Crippen molar-refractivity contribution in [1.82, 2.24) is 4.90 Å². The Kier molecular flexibility index (Phi) is 3.39. The van der Waals surface area contributed by atoms with Gasteiger partial charge in [0.05, 0.1) is 0 Å². The van der Waals surface area contributed by atoms with Crippen LogP contribution in [0.1, 0.15) is 24.0 Å². The Morgan fingerprint density at radius 3 is 2.52 bits per heavy atom. The lowest BCUT2D eigenvalue weighted by molar-refractivity contribution is -0.140. The largest absolute Gasteiger partial charge is 0.426 e. The van der Waals surface area contributed by atoms with Crippen LogP contribution in [0.5, 0.6) is 0 Å². The molecule has 0 radical (unpaired) electrons. The molecule has 2 amide bonds. The smallest absolute Gasteiger partial charge is 0.311 e. The molecule has 1 aliphatic carbocycles. The Morgan fingerprint density at radius 1 is 1.10 bits per heavy atom. The molecule has 0 bridgehead atoms. The summed E-state index contributed by atoms with van der Waals surface area (Å²) in [5, 5.41) is 0. The van der Waals surface area contributed by atoms with Crippen LogP contribution in [0.25, 0.3) is 11.8 Å². The van der Waals surface area contributed by atoms with E-state index in [1.807, 2.05) is 30.3 Å². The van der Waals surface area contributed by atoms with Crippen LogP contribution in [0.4, 0.5) is 0 Å². The van der Waals surface area contributed by atoms with Gasteiger partial charge >= 0.3 is 5.97 Å². The Morgan fingerprint density at radius 2 is 1.81 bits per heavy atom. The molecule has 0 saturated heterocycles. The number of esters is 1. The number of hydrogen-bond donors (Lipinski definition) is 0. The van der Waals surface area contributed by atoms with Crippen molar-refractivity contribution < 1.29 is 19.1 Å². The first kappa shape index (κ1) is 13.3. The molecule has 106 valence electrons. The van der Waals surface area contributed by atoms with E-state index >= 15 is 0 Å². The molecule has 21 heavy (non-hydrogen) atoms. The van der Waals surface area contributed by atoms with Crippen LogP contribution in [0, 0.1) is 0 Å². The predicted octanol–water partition coefficient (Wildman–Crippen LogP) is 1.75. The fourth-order valence-electron chi connectivity index (χ4n) is 2.28. The van der Waals surface area contributed by atoms with Gasteiger partial charge in [-0.1, -0.05) is 24.3 Å². The topological polar surface area (TPSA) is 63.7 Å². The van der Waals surface area contributed by atoms with E-state index in [9.17, 15) is 14.4 Å². The van der Waals surface area contributed by atoms with Gasteiger partial charge in [0.15, 0.2) is 0 Å². The molecule has 0 saturated carbocycles. The first-order valence-electron chi connectivity index (χ1n) is 6.70. The van der Waals surface area contributed by atoms with Crippen molar-refractivity contribution >= 4 is 29.6 Å². The third-order valence-electron chi connectivity index (χ3n) is 3.40. The lowest BCUT2D eigenvalue weighted by Gasteiger charge is -2.19. The van der Waals surface area contributed by atoms with Gasteiger partial charge in [0.25, 0.3) is 11.8 Å². The van der Waals surface area contributed by atoms with Gasteiger partial charge in [-0.15, -0.1) is 0 Å². The summed E-state index contributed by atoms with van der Waals surface area (Å²) in [6, 6.07) is 7.65. The van der Waals surface area contributed by atoms with E-state index < -0.39 is 0 Å². The average Bonchev–Trinajstić information content (AvgIpc) is 2.76. The molecule has 1 aromatic carbocycles. The number of ether oxygens (including phenoxy) is 1. The number of rotatable bonds is 5. The molecule has 0 spiro atoms. The number of hydrogen-bond acceptors (Lipinski definition) is 4. The van der Waals surface area contributed by atoms with E-state index in [-0.39, 0.29) is 30.7 Å². The van der Waals surface area contributed by atoms with Crippen LogP contribution < -0.4 is 0 Å². The monoisotopic (exact) mass is 283 g/mol. The lowest BCUT2D eigenvalue weighted by atomic mass is 9.96. The number of imide groups is 1. The molecule has 5 heteroatoms. The van der Waals surface area contributed by atoms with Crippen molar-refractivity contribution in [2.24, 2.45) is 0 Å². The molecule has 0 fully saturated rings. The molecule has 3 rings (SSSR count). The summed E-state index contributed by atoms with van der Waals surface area (Å²) in [7, 11) is 0. The lowest BCUT2D eigenvalue weighted by Crippen LogP contribution is -2.31. The van der Waals surface area contributed by atoms with Crippen LogP contribution in [-0.4, -0.2) is 29.2 Å². The van der Waals surface area contributed by atoms with Crippen molar-refractivity contribution in [3.05, 3.63) is 47.5 Å². The maximum atomic E-state index is 11.7. The van der Waals surface area contributed by atoms with Crippen LogP contribution in [0.15, 0.2) is 36.4 Å². The zero-order valence-corrected chi connectivity index (χ0v) is 11.2. The minimum absolute atomic E-state index is 0.163. The molecule has 0 unspecified atom stereocenters. The molecule has 1 aliphatic heterocycles. The van der Waals surface area contributed by atoms with Gasteiger partial charge in [-0.05, 0) is 18.1 Å². The molecule has 1 aromatic rings. The van der Waals surface area contributed by atoms with Crippen molar-refractivity contribution in [3.8, 4) is 0 Å². The summed E-state index contributed by atoms with van der Waals surface area (Å²) in [6.45, 7) is 0.232. The normalized spacial score (nSPS) is 15.6. The van der Waals surface area contributed by atoms with Crippen molar-refractivity contribution in [3.63, 3.8) is 0 Å². The van der Waals surface area contributed by atoms with Crippen LogP contribution in [0.3, 0.4) is 0 Å². The Balaban J connectivity index is 1.44. The van der Waals surface area contributed by atoms with Gasteiger partial charge in [-0.2, -0.15) is 0 Å². The highest BCUT2D eigenvalue weighted by atomic mass is 16.5. The van der Waals surface area contributed by atoms with Gasteiger partial charge in [0.1, 0.15) is 5.76 Å². The standard InChI is InChI=1S/C16H13NO4/c18-14-7-8-15(19)17(14)9-3-6-16(20)21-13-10-11-4-1-2-5-12(11)13/h1-2,4-5,7-8,10H,3,6,9H2. The summed E-state index contributed by atoms with van der Waals surface area (Å²) in [4.78, 5) is 35.5. The highest BCUT2D eigenvalue weighted by Gasteiger charge is 2.23. The molecule has 2 aliphatic rings. The van der Waals surface area contributed by atoms with E-state index in [0.717, 1.165) is 16.0 Å². The van der Waals surface area contributed by atoms with Gasteiger partial charge in [0.2, 0.25) is 0 Å². The molecule has 0 atom stereocenters. The summed E-state index contributed by atoms with van der Waals surface area (Å²) in [5.41, 5.74) is 1.99. The SMILES string of the molecule is O=C(CCCN1C(=O)C=CC1=O)OC1=Cc2ccccc21. The van der Waals surface area contributed by atoms with Gasteiger partial charge in [-0.25, -0.2) is 0 Å². The number of fused-ring (bicyclic) bond motifs is 1. The maximum Gasteiger partial charge on any atom is 0.311 e. The second-order valence-electron chi connectivity index (χ2n) is 4.83. The van der Waals surface area contributed by atoms with E-state index in [1.54, 1.807) is 0 Å². The van der Waals surface area contributed by atoms with Crippen LogP contribution in [-0.2, 0) is 19.1 Å². The molecule has 0 aromatic heterocycles. The quantitative estimate of drug-likeness (QED) is 0.610. The van der Waals surface area contributed by atoms with Crippen molar-refractivity contribution in [1.29, 1.82) is 0 Å². The Labute approximate surface area is 121 Å². The van der Waals surface area contributed by atoms with E-state index in [0.29, 0.717) is 12.2 Å². The van der Waals surface area contributed by atoms with Crippen LogP contribution in [0.2, 0.25) is 0 Å². The Hall–Kier alpha value is -2.69. The average molecular weight is 283 g/mol. The van der Waals surface area contributed by atoms with Gasteiger partial charge < -0.3 is 4.74 Å². The van der Waals surface area contributed by atoms with Gasteiger partial charge in [0, 0.05) is 30.7 Å². The van der Waals surface area contributed by atoms with E-state index in [1.165, 1.54) is 12.2 Å². The minimum Gasteiger partial charge on any atom is -0.426 e. The fourth-order valence-corrected chi connectivity index (χ4v) is 2.28. The highest BCUT2D eigenvalue weighted by Crippen LogP contribution is 2.33. The molecular formula is C16H13NO4. The third-order valence-corrected chi connectivity index (χ3v) is 3.40. The number of amides is 2. The number of nitrogens with zero attached hydrogens (tertiary/aromatic N) is 1. The maximum absolute atomic E-state index is 11.7. The van der Waals surface area contributed by atoms with Crippen molar-refractivity contribution in [2.45, 2.75) is 12.8 Å². The first-order chi connectivity index (χ1) is 10.1. The second-order valence-corrected chi connectivity index (χ2v) is 4.83. The Bertz CT molecular complexity index is 669. The van der Waals surface area contributed by atoms with E-state index in [2.05, 4.69) is 0 Å². The third kappa shape index (κ3) is 2.63. The van der Waals surface area contributed by atoms with E-state index in [4.69, 9.17) is 4.74 Å². The zero-order valence-electron chi connectivity index (χ0n) is 11.2. The van der Waals surface area contributed by atoms with Crippen LogP contribution >= 0.6 is 0 Å². The predicted molar refractivity (Wildman–Crippen MR) is 75.5 cm³/mol. The zero-order chi connectivity index (χ0) is 14.8. The number of carbonyl (C=O) groups excluding carboxylic acids is 3. The summed E-state index contributed by atoms with van der Waals surface area (Å²) in [6.07, 6.45) is 4.84. The van der Waals surface area contributed by atoms with Crippen molar-refractivity contribution in [2.75, 3.05) is 6.54 Å². The summed E-state index contributed by atoms with van der Waals surface area (Å²) in [5.74, 6) is -0.443. The number of carbonyl (C=O) groups is 3. The minimum atomic E-state index is -0.359.